The molecule has 2 amide bonds. The molecule has 3 aromatic rings. The van der Waals surface area contributed by atoms with Gasteiger partial charge in [0.1, 0.15) is 0 Å². The monoisotopic (exact) mass is 443 g/mol. The van der Waals surface area contributed by atoms with E-state index in [2.05, 4.69) is 48.3 Å². The highest BCUT2D eigenvalue weighted by Crippen LogP contribution is 2.29. The lowest BCUT2D eigenvalue weighted by molar-refractivity contribution is -0.165. The van der Waals surface area contributed by atoms with E-state index >= 15 is 0 Å². The number of carbonyl (C=O) groups is 2. The number of hydrogen-bond donors (Lipinski definition) is 0. The number of carbonyl (C=O) groups excluding carboxylic acids is 2. The molecule has 1 aromatic heterocycles. The molecule has 33 heavy (non-hydrogen) atoms. The van der Waals surface area contributed by atoms with Crippen LogP contribution in [0.3, 0.4) is 0 Å². The van der Waals surface area contributed by atoms with Gasteiger partial charge in [0.25, 0.3) is 11.8 Å². The highest BCUT2D eigenvalue weighted by Gasteiger charge is 2.46. The first kappa shape index (κ1) is 22.7. The molecule has 0 aliphatic carbocycles. The predicted molar refractivity (Wildman–Crippen MR) is 128 cm³/mol. The molecule has 1 saturated heterocycles. The Morgan fingerprint density at radius 3 is 2.55 bits per heavy atom. The number of pyridine rings is 1. The van der Waals surface area contributed by atoms with E-state index in [0.717, 1.165) is 16.7 Å². The van der Waals surface area contributed by atoms with Crippen LogP contribution in [0, 0.1) is 6.92 Å². The maximum Gasteiger partial charge on any atom is 0.256 e. The summed E-state index contributed by atoms with van der Waals surface area (Å²) in [6, 6.07) is 20.0. The van der Waals surface area contributed by atoms with Gasteiger partial charge in [0, 0.05) is 39.5 Å². The van der Waals surface area contributed by atoms with Crippen molar-refractivity contribution in [2.24, 2.45) is 0 Å². The lowest BCUT2D eigenvalue weighted by Crippen LogP contribution is -2.61. The minimum Gasteiger partial charge on any atom is -0.361 e. The van der Waals surface area contributed by atoms with Crippen molar-refractivity contribution in [3.8, 4) is 11.1 Å². The first-order valence-corrected chi connectivity index (χ1v) is 11.1. The van der Waals surface area contributed by atoms with Gasteiger partial charge in [-0.15, -0.1) is 0 Å². The van der Waals surface area contributed by atoms with E-state index in [1.165, 1.54) is 5.56 Å². The highest BCUT2D eigenvalue weighted by atomic mass is 16.5. The highest BCUT2D eigenvalue weighted by molar-refractivity contribution is 5.95. The van der Waals surface area contributed by atoms with Crippen molar-refractivity contribution >= 4 is 11.8 Å². The Kier molecular flexibility index (Phi) is 6.56. The van der Waals surface area contributed by atoms with E-state index < -0.39 is 5.60 Å². The topological polar surface area (TPSA) is 62.7 Å². The van der Waals surface area contributed by atoms with E-state index in [9.17, 15) is 9.59 Å². The van der Waals surface area contributed by atoms with E-state index in [0.29, 0.717) is 25.1 Å². The quantitative estimate of drug-likeness (QED) is 0.605. The van der Waals surface area contributed by atoms with Crippen LogP contribution in [0.25, 0.3) is 11.1 Å². The molecule has 1 aliphatic rings. The summed E-state index contributed by atoms with van der Waals surface area (Å²) >= 11 is 0. The van der Waals surface area contributed by atoms with Crippen molar-refractivity contribution < 1.29 is 14.3 Å². The Morgan fingerprint density at radius 2 is 1.85 bits per heavy atom. The number of aryl methyl sites for hydroxylation is 1. The van der Waals surface area contributed by atoms with Crippen LogP contribution in [-0.4, -0.2) is 66.0 Å². The van der Waals surface area contributed by atoms with Crippen molar-refractivity contribution in [2.45, 2.75) is 18.9 Å². The number of amides is 2. The third-order valence-corrected chi connectivity index (χ3v) is 5.98. The Bertz CT molecular complexity index is 1130. The van der Waals surface area contributed by atoms with Gasteiger partial charge in [0.2, 0.25) is 0 Å². The van der Waals surface area contributed by atoms with Crippen LogP contribution in [0.4, 0.5) is 0 Å². The summed E-state index contributed by atoms with van der Waals surface area (Å²) in [5.41, 5.74) is 3.75. The van der Waals surface area contributed by atoms with Gasteiger partial charge in [-0.05, 0) is 35.7 Å². The average Bonchev–Trinajstić information content (AvgIpc) is 2.84. The standard InChI is InChI=1S/C27H29N3O3/c1-20-9-11-22(12-10-20)23-7-4-6-21(16-23)17-27(26(32)29(2)3)19-30(14-15-33-27)25(31)24-8-5-13-28-18-24/h4-13,16,18H,14-15,17,19H2,1-3H3/t27-/m0/s1. The summed E-state index contributed by atoms with van der Waals surface area (Å²) in [6.07, 6.45) is 3.57. The zero-order valence-corrected chi connectivity index (χ0v) is 19.3. The van der Waals surface area contributed by atoms with E-state index in [1.54, 1.807) is 48.4 Å². The van der Waals surface area contributed by atoms with Crippen molar-refractivity contribution in [2.75, 3.05) is 33.8 Å². The maximum atomic E-state index is 13.4. The third kappa shape index (κ3) is 4.96. The number of ether oxygens (including phenoxy) is 1. The molecule has 0 saturated carbocycles. The van der Waals surface area contributed by atoms with Gasteiger partial charge >= 0.3 is 0 Å². The van der Waals surface area contributed by atoms with Gasteiger partial charge in [-0.3, -0.25) is 14.6 Å². The van der Waals surface area contributed by atoms with E-state index in [1.807, 2.05) is 12.1 Å². The second-order valence-electron chi connectivity index (χ2n) is 8.75. The molecular weight excluding hydrogens is 414 g/mol. The molecule has 0 bridgehead atoms. The zero-order valence-electron chi connectivity index (χ0n) is 19.3. The fraction of sp³-hybridized carbons (Fsp3) is 0.296. The third-order valence-electron chi connectivity index (χ3n) is 5.98. The Labute approximate surface area is 194 Å². The second kappa shape index (κ2) is 9.55. The van der Waals surface area contributed by atoms with Crippen LogP contribution >= 0.6 is 0 Å². The largest absolute Gasteiger partial charge is 0.361 e. The minimum absolute atomic E-state index is 0.143. The molecule has 0 spiro atoms. The molecule has 0 radical (unpaired) electrons. The first-order chi connectivity index (χ1) is 15.9. The van der Waals surface area contributed by atoms with Crippen LogP contribution in [0.1, 0.15) is 21.5 Å². The molecule has 6 heteroatoms. The lowest BCUT2D eigenvalue weighted by Gasteiger charge is -2.43. The zero-order chi connectivity index (χ0) is 23.4. The Morgan fingerprint density at radius 1 is 1.06 bits per heavy atom. The first-order valence-electron chi connectivity index (χ1n) is 11.1. The van der Waals surface area contributed by atoms with Crippen molar-refractivity contribution in [1.82, 2.24) is 14.8 Å². The van der Waals surface area contributed by atoms with Crippen LogP contribution in [0.5, 0.6) is 0 Å². The summed E-state index contributed by atoms with van der Waals surface area (Å²) in [4.78, 5) is 33.8. The smallest absolute Gasteiger partial charge is 0.256 e. The van der Waals surface area contributed by atoms with E-state index in [-0.39, 0.29) is 18.4 Å². The second-order valence-corrected chi connectivity index (χ2v) is 8.75. The number of rotatable bonds is 5. The van der Waals surface area contributed by atoms with Gasteiger partial charge < -0.3 is 14.5 Å². The van der Waals surface area contributed by atoms with Crippen LogP contribution < -0.4 is 0 Å². The van der Waals surface area contributed by atoms with Crippen molar-refractivity contribution in [1.29, 1.82) is 0 Å². The molecule has 2 aromatic carbocycles. The van der Waals surface area contributed by atoms with Gasteiger partial charge in [-0.25, -0.2) is 0 Å². The Hall–Kier alpha value is -3.51. The molecule has 1 atom stereocenters. The number of morpholine rings is 1. The summed E-state index contributed by atoms with van der Waals surface area (Å²) < 4.78 is 6.17. The molecule has 2 heterocycles. The maximum absolute atomic E-state index is 13.4. The molecule has 6 nitrogen and oxygen atoms in total. The van der Waals surface area contributed by atoms with Gasteiger partial charge in [0.15, 0.2) is 5.60 Å². The van der Waals surface area contributed by atoms with E-state index in [4.69, 9.17) is 4.74 Å². The molecule has 0 unspecified atom stereocenters. The normalized spacial score (nSPS) is 18.1. The SMILES string of the molecule is Cc1ccc(-c2cccc(C[C@@]3(C(=O)N(C)C)CN(C(=O)c4cccnc4)CCO3)c2)cc1. The molecule has 4 rings (SSSR count). The Balaban J connectivity index is 1.64. The molecule has 0 N–H and O–H groups in total. The molecule has 1 fully saturated rings. The molecular formula is C27H29N3O3. The fourth-order valence-corrected chi connectivity index (χ4v) is 4.29. The molecule has 170 valence electrons. The van der Waals surface area contributed by atoms with Crippen molar-refractivity contribution in [3.05, 3.63) is 89.7 Å². The van der Waals surface area contributed by atoms with Gasteiger partial charge in [-0.1, -0.05) is 54.1 Å². The average molecular weight is 444 g/mol. The summed E-state index contributed by atoms with van der Waals surface area (Å²) in [7, 11) is 3.44. The number of benzene rings is 2. The summed E-state index contributed by atoms with van der Waals surface area (Å²) in [5, 5.41) is 0. The molecule has 1 aliphatic heterocycles. The fourth-order valence-electron chi connectivity index (χ4n) is 4.29. The number of aromatic nitrogens is 1. The van der Waals surface area contributed by atoms with Crippen LogP contribution in [0.15, 0.2) is 73.1 Å². The predicted octanol–water partition coefficient (Wildman–Crippen LogP) is 3.60. The van der Waals surface area contributed by atoms with Crippen LogP contribution in [-0.2, 0) is 16.0 Å². The minimum atomic E-state index is -1.15. The number of hydrogen-bond acceptors (Lipinski definition) is 4. The number of nitrogens with zero attached hydrogens (tertiary/aromatic N) is 3. The van der Waals surface area contributed by atoms with Crippen molar-refractivity contribution in [3.63, 3.8) is 0 Å². The van der Waals surface area contributed by atoms with Gasteiger partial charge in [-0.2, -0.15) is 0 Å². The summed E-state index contributed by atoms with van der Waals surface area (Å²) in [6.45, 7) is 2.98. The van der Waals surface area contributed by atoms with Crippen LogP contribution in [0.2, 0.25) is 0 Å². The summed E-state index contributed by atoms with van der Waals surface area (Å²) in [5.74, 6) is -0.289. The van der Waals surface area contributed by atoms with Gasteiger partial charge in [0.05, 0.1) is 18.7 Å². The lowest BCUT2D eigenvalue weighted by atomic mass is 9.89. The number of likely N-dealkylation sites (N-methyl/N-ethyl adjacent to an activating group) is 1.